The number of nitrogens with zero attached hydrogens (tertiary/aromatic N) is 3. The van der Waals surface area contributed by atoms with Gasteiger partial charge in [-0.2, -0.15) is 4.31 Å². The molecule has 0 atom stereocenters. The number of fused-ring (bicyclic) bond motifs is 1. The zero-order valence-corrected chi connectivity index (χ0v) is 17.4. The number of piperidine rings is 1. The number of imidazole rings is 1. The number of ether oxygens (including phenoxy) is 1. The summed E-state index contributed by atoms with van der Waals surface area (Å²) < 4.78 is 35.1. The molecular formula is C19H25N3O3S2. The SMILES string of the molecule is Cc1cn(C)c(SCC2CCN(S(=O)(=O)c3ccc4c(c3)CCO4)CC2)n1. The van der Waals surface area contributed by atoms with Crippen LogP contribution < -0.4 is 4.74 Å². The molecule has 6 nitrogen and oxygen atoms in total. The Morgan fingerprint density at radius 1 is 1.30 bits per heavy atom. The number of sulfonamides is 1. The molecule has 2 aromatic rings. The molecule has 0 amide bonds. The molecule has 0 spiro atoms. The van der Waals surface area contributed by atoms with Crippen LogP contribution in [0.3, 0.4) is 0 Å². The highest BCUT2D eigenvalue weighted by atomic mass is 32.2. The lowest BCUT2D eigenvalue weighted by atomic mass is 10.0. The molecule has 1 saturated heterocycles. The molecule has 0 radical (unpaired) electrons. The molecule has 1 fully saturated rings. The van der Waals surface area contributed by atoms with E-state index < -0.39 is 10.0 Å². The fraction of sp³-hybridized carbons (Fsp3) is 0.526. The van der Waals surface area contributed by atoms with E-state index in [2.05, 4.69) is 9.55 Å². The van der Waals surface area contributed by atoms with E-state index in [1.165, 1.54) is 0 Å². The summed E-state index contributed by atoms with van der Waals surface area (Å²) in [7, 11) is -1.41. The molecule has 1 aromatic carbocycles. The maximum Gasteiger partial charge on any atom is 0.243 e. The van der Waals surface area contributed by atoms with Crippen molar-refractivity contribution in [3.05, 3.63) is 35.7 Å². The van der Waals surface area contributed by atoms with Crippen LogP contribution in [-0.2, 0) is 23.5 Å². The lowest BCUT2D eigenvalue weighted by molar-refractivity contribution is 0.291. The van der Waals surface area contributed by atoms with Crippen LogP contribution in [0.25, 0.3) is 0 Å². The zero-order chi connectivity index (χ0) is 19.0. The van der Waals surface area contributed by atoms with Gasteiger partial charge in [0.1, 0.15) is 5.75 Å². The fourth-order valence-electron chi connectivity index (χ4n) is 3.71. The summed E-state index contributed by atoms with van der Waals surface area (Å²) in [5.74, 6) is 2.31. The minimum absolute atomic E-state index is 0.392. The first kappa shape index (κ1) is 18.8. The van der Waals surface area contributed by atoms with Gasteiger partial charge in [-0.05, 0) is 49.4 Å². The fourth-order valence-corrected chi connectivity index (χ4v) is 6.41. The Morgan fingerprint density at radius 2 is 2.07 bits per heavy atom. The summed E-state index contributed by atoms with van der Waals surface area (Å²) in [6.07, 6.45) is 4.59. The Labute approximate surface area is 165 Å². The lowest BCUT2D eigenvalue weighted by Gasteiger charge is -2.31. The average Bonchev–Trinajstić information content (AvgIpc) is 3.25. The maximum atomic E-state index is 13.0. The van der Waals surface area contributed by atoms with Crippen molar-refractivity contribution in [1.82, 2.24) is 13.9 Å². The van der Waals surface area contributed by atoms with Crippen LogP contribution in [0.15, 0.2) is 34.4 Å². The molecule has 1 aromatic heterocycles. The first-order chi connectivity index (χ1) is 12.9. The molecule has 0 saturated carbocycles. The molecule has 4 rings (SSSR count). The molecule has 0 aliphatic carbocycles. The largest absolute Gasteiger partial charge is 0.493 e. The minimum atomic E-state index is -3.42. The number of rotatable bonds is 5. The van der Waals surface area contributed by atoms with Crippen LogP contribution in [0, 0.1) is 12.8 Å². The van der Waals surface area contributed by atoms with E-state index in [1.54, 1.807) is 34.3 Å². The molecule has 2 aliphatic heterocycles. The molecule has 146 valence electrons. The summed E-state index contributed by atoms with van der Waals surface area (Å²) in [5, 5.41) is 1.03. The number of hydrogen-bond donors (Lipinski definition) is 0. The summed E-state index contributed by atoms with van der Waals surface area (Å²) in [4.78, 5) is 4.92. The molecule has 2 aliphatic rings. The van der Waals surface area contributed by atoms with Crippen molar-refractivity contribution < 1.29 is 13.2 Å². The first-order valence-corrected chi connectivity index (χ1v) is 11.7. The molecule has 3 heterocycles. The predicted octanol–water partition coefficient (Wildman–Crippen LogP) is 2.86. The third-order valence-electron chi connectivity index (χ3n) is 5.27. The van der Waals surface area contributed by atoms with Crippen LogP contribution in [0.2, 0.25) is 0 Å². The van der Waals surface area contributed by atoms with Gasteiger partial charge in [0.25, 0.3) is 0 Å². The second kappa shape index (κ2) is 7.48. The van der Waals surface area contributed by atoms with Gasteiger partial charge in [-0.3, -0.25) is 0 Å². The van der Waals surface area contributed by atoms with Crippen molar-refractivity contribution in [2.75, 3.05) is 25.4 Å². The van der Waals surface area contributed by atoms with Crippen molar-refractivity contribution in [3.8, 4) is 5.75 Å². The number of benzene rings is 1. The van der Waals surface area contributed by atoms with Gasteiger partial charge in [-0.15, -0.1) is 0 Å². The van der Waals surface area contributed by atoms with Gasteiger partial charge in [0.05, 0.1) is 17.2 Å². The van der Waals surface area contributed by atoms with Gasteiger partial charge in [0.2, 0.25) is 10.0 Å². The second-order valence-corrected chi connectivity index (χ2v) is 10.2. The molecule has 8 heteroatoms. The maximum absolute atomic E-state index is 13.0. The number of hydrogen-bond acceptors (Lipinski definition) is 5. The number of aromatic nitrogens is 2. The molecule has 0 unspecified atom stereocenters. The first-order valence-electron chi connectivity index (χ1n) is 9.32. The highest BCUT2D eigenvalue weighted by Gasteiger charge is 2.30. The predicted molar refractivity (Wildman–Crippen MR) is 106 cm³/mol. The molecular weight excluding hydrogens is 382 g/mol. The monoisotopic (exact) mass is 407 g/mol. The van der Waals surface area contributed by atoms with Crippen LogP contribution >= 0.6 is 11.8 Å². The van der Waals surface area contributed by atoms with Crippen LogP contribution in [0.4, 0.5) is 0 Å². The third-order valence-corrected chi connectivity index (χ3v) is 8.44. The Kier molecular flexibility index (Phi) is 5.22. The normalized spacial score (nSPS) is 18.4. The van der Waals surface area contributed by atoms with E-state index in [1.807, 2.05) is 20.2 Å². The van der Waals surface area contributed by atoms with E-state index in [9.17, 15) is 8.42 Å². The van der Waals surface area contributed by atoms with E-state index in [0.29, 0.717) is 30.5 Å². The lowest BCUT2D eigenvalue weighted by Crippen LogP contribution is -2.39. The van der Waals surface area contributed by atoms with Crippen LogP contribution in [-0.4, -0.2) is 47.7 Å². The molecule has 0 bridgehead atoms. The molecule has 27 heavy (non-hydrogen) atoms. The van der Waals surface area contributed by atoms with E-state index in [4.69, 9.17) is 4.74 Å². The Hall–Kier alpha value is -1.51. The highest BCUT2D eigenvalue weighted by molar-refractivity contribution is 7.99. The minimum Gasteiger partial charge on any atom is -0.493 e. The quantitative estimate of drug-likeness (QED) is 0.713. The highest BCUT2D eigenvalue weighted by Crippen LogP contribution is 2.31. The molecule has 0 N–H and O–H groups in total. The Balaban J connectivity index is 1.36. The van der Waals surface area contributed by atoms with Crippen molar-refractivity contribution in [1.29, 1.82) is 0 Å². The van der Waals surface area contributed by atoms with Crippen molar-refractivity contribution in [2.45, 2.75) is 36.2 Å². The Morgan fingerprint density at radius 3 is 2.78 bits per heavy atom. The number of thioether (sulfide) groups is 1. The van der Waals surface area contributed by atoms with E-state index in [-0.39, 0.29) is 0 Å². The van der Waals surface area contributed by atoms with Gasteiger partial charge in [-0.25, -0.2) is 13.4 Å². The summed E-state index contributed by atoms with van der Waals surface area (Å²) in [6.45, 7) is 3.80. The van der Waals surface area contributed by atoms with Crippen molar-refractivity contribution >= 4 is 21.8 Å². The van der Waals surface area contributed by atoms with Crippen LogP contribution in [0.1, 0.15) is 24.1 Å². The third kappa shape index (κ3) is 3.88. The summed E-state index contributed by atoms with van der Waals surface area (Å²) >= 11 is 1.76. The number of aryl methyl sites for hydroxylation is 2. The Bertz CT molecular complexity index is 932. The van der Waals surface area contributed by atoms with Gasteiger partial charge in [0.15, 0.2) is 5.16 Å². The van der Waals surface area contributed by atoms with Crippen LogP contribution in [0.5, 0.6) is 5.75 Å². The smallest absolute Gasteiger partial charge is 0.243 e. The van der Waals surface area contributed by atoms with E-state index >= 15 is 0 Å². The van der Waals surface area contributed by atoms with Crippen molar-refractivity contribution in [3.63, 3.8) is 0 Å². The summed E-state index contributed by atoms with van der Waals surface area (Å²) in [6, 6.07) is 5.24. The topological polar surface area (TPSA) is 64.4 Å². The van der Waals surface area contributed by atoms with Gasteiger partial charge in [0, 0.05) is 38.5 Å². The van der Waals surface area contributed by atoms with Gasteiger partial charge >= 0.3 is 0 Å². The van der Waals surface area contributed by atoms with E-state index in [0.717, 1.165) is 47.2 Å². The van der Waals surface area contributed by atoms with Gasteiger partial charge < -0.3 is 9.30 Å². The van der Waals surface area contributed by atoms with Gasteiger partial charge in [-0.1, -0.05) is 11.8 Å². The second-order valence-electron chi connectivity index (χ2n) is 7.30. The standard InChI is InChI=1S/C19H25N3O3S2/c1-14-12-21(2)19(20-14)26-13-15-5-8-22(9-6-15)27(23,24)17-3-4-18-16(11-17)7-10-25-18/h3-4,11-12,15H,5-10,13H2,1-2H3. The summed E-state index contributed by atoms with van der Waals surface area (Å²) in [5.41, 5.74) is 2.02. The average molecular weight is 408 g/mol. The van der Waals surface area contributed by atoms with Crippen molar-refractivity contribution in [2.24, 2.45) is 13.0 Å². The zero-order valence-electron chi connectivity index (χ0n) is 15.7.